The fourth-order valence-corrected chi connectivity index (χ4v) is 4.49. The molecule has 0 spiro atoms. The summed E-state index contributed by atoms with van der Waals surface area (Å²) in [5.74, 6) is 8.91. The molecule has 0 radical (unpaired) electrons. The number of amides is 1. The molecule has 8 heteroatoms. The molecule has 104 valence electrons. The summed E-state index contributed by atoms with van der Waals surface area (Å²) in [5, 5.41) is 3.64. The second kappa shape index (κ2) is 7.23. The number of thioether (sulfide) groups is 2. The molecular weight excluding hydrogens is 304 g/mol. The van der Waals surface area contributed by atoms with Crippen molar-refractivity contribution in [1.82, 2.24) is 10.3 Å². The van der Waals surface area contributed by atoms with Crippen LogP contribution >= 0.6 is 35.1 Å². The van der Waals surface area contributed by atoms with Gasteiger partial charge in [0.05, 0.1) is 0 Å². The number of carbonyl (C=O) groups is 1. The Balaban J connectivity index is 1.93. The number of halogens is 1. The van der Waals surface area contributed by atoms with E-state index >= 15 is 0 Å². The molecule has 2 rings (SSSR count). The molecule has 1 atom stereocenters. The van der Waals surface area contributed by atoms with E-state index in [0.717, 1.165) is 11.5 Å². The maximum atomic E-state index is 12.0. The Bertz CT molecular complexity index is 454. The first-order chi connectivity index (χ1) is 9.19. The zero-order valence-electron chi connectivity index (χ0n) is 10.2. The zero-order valence-corrected chi connectivity index (χ0v) is 12.6. The van der Waals surface area contributed by atoms with Gasteiger partial charge in [0.25, 0.3) is 5.91 Å². The first-order valence-electron chi connectivity index (χ1n) is 5.81. The molecular formula is C11H15ClN4OS2. The monoisotopic (exact) mass is 318 g/mol. The molecule has 19 heavy (non-hydrogen) atoms. The number of hydrogen-bond acceptors (Lipinski definition) is 6. The van der Waals surface area contributed by atoms with Crippen LogP contribution in [0, 0.1) is 0 Å². The minimum absolute atomic E-state index is 0.156. The fourth-order valence-electron chi connectivity index (χ4n) is 1.66. The molecule has 0 saturated carbocycles. The molecule has 1 aromatic heterocycles. The fraction of sp³-hybridized carbons (Fsp3) is 0.455. The van der Waals surface area contributed by atoms with E-state index in [0.29, 0.717) is 23.2 Å². The van der Waals surface area contributed by atoms with Crippen molar-refractivity contribution in [3.63, 3.8) is 0 Å². The minimum Gasteiger partial charge on any atom is -0.351 e. The predicted molar refractivity (Wildman–Crippen MR) is 83.0 cm³/mol. The lowest BCUT2D eigenvalue weighted by Gasteiger charge is -2.21. The van der Waals surface area contributed by atoms with Crippen LogP contribution in [0.5, 0.6) is 0 Å². The highest BCUT2D eigenvalue weighted by molar-refractivity contribution is 8.06. The predicted octanol–water partition coefficient (Wildman–Crippen LogP) is 1.60. The Morgan fingerprint density at radius 2 is 2.37 bits per heavy atom. The van der Waals surface area contributed by atoms with Gasteiger partial charge in [-0.05, 0) is 12.1 Å². The largest absolute Gasteiger partial charge is 0.351 e. The first-order valence-corrected chi connectivity index (χ1v) is 8.39. The van der Waals surface area contributed by atoms with Crippen molar-refractivity contribution in [1.29, 1.82) is 0 Å². The van der Waals surface area contributed by atoms with Gasteiger partial charge in [-0.25, -0.2) is 10.8 Å². The zero-order chi connectivity index (χ0) is 13.7. The molecule has 1 amide bonds. The van der Waals surface area contributed by atoms with Crippen molar-refractivity contribution < 1.29 is 4.79 Å². The van der Waals surface area contributed by atoms with Crippen molar-refractivity contribution >= 4 is 46.8 Å². The third-order valence-corrected chi connectivity index (χ3v) is 5.62. The van der Waals surface area contributed by atoms with Crippen LogP contribution < -0.4 is 16.6 Å². The number of rotatable bonds is 4. The first kappa shape index (κ1) is 14.8. The van der Waals surface area contributed by atoms with Gasteiger partial charge in [-0.1, -0.05) is 11.6 Å². The number of anilines is 1. The topological polar surface area (TPSA) is 80.0 Å². The van der Waals surface area contributed by atoms with Crippen LogP contribution in [0.3, 0.4) is 0 Å². The van der Waals surface area contributed by atoms with Crippen LogP contribution in [0.2, 0.25) is 5.15 Å². The van der Waals surface area contributed by atoms with Crippen molar-refractivity contribution in [3.8, 4) is 0 Å². The minimum atomic E-state index is -0.156. The second-order valence-electron chi connectivity index (χ2n) is 3.99. The highest BCUT2D eigenvalue weighted by Crippen LogP contribution is 2.23. The highest BCUT2D eigenvalue weighted by atomic mass is 35.5. The lowest BCUT2D eigenvalue weighted by Crippen LogP contribution is -2.33. The van der Waals surface area contributed by atoms with E-state index in [1.807, 2.05) is 23.5 Å². The summed E-state index contributed by atoms with van der Waals surface area (Å²) in [4.78, 5) is 16.0. The van der Waals surface area contributed by atoms with E-state index in [9.17, 15) is 4.79 Å². The lowest BCUT2D eigenvalue weighted by atomic mass is 10.2. The van der Waals surface area contributed by atoms with Gasteiger partial charge in [-0.2, -0.15) is 23.5 Å². The van der Waals surface area contributed by atoms with E-state index in [2.05, 4.69) is 15.7 Å². The Kier molecular flexibility index (Phi) is 5.62. The molecule has 5 nitrogen and oxygen atoms in total. The smallest absolute Gasteiger partial charge is 0.251 e. The SMILES string of the molecule is NNc1cc(C(=O)NCC2CSCCS2)cc(Cl)n1. The van der Waals surface area contributed by atoms with Crippen molar-refractivity contribution in [2.75, 3.05) is 29.2 Å². The van der Waals surface area contributed by atoms with Crippen LogP contribution in [-0.2, 0) is 0 Å². The molecule has 1 aliphatic heterocycles. The van der Waals surface area contributed by atoms with E-state index < -0.39 is 0 Å². The summed E-state index contributed by atoms with van der Waals surface area (Å²) in [6.45, 7) is 0.668. The van der Waals surface area contributed by atoms with Crippen LogP contribution in [-0.4, -0.2) is 39.9 Å². The number of aromatic nitrogens is 1. The number of carbonyl (C=O) groups excluding carboxylic acids is 1. The quantitative estimate of drug-likeness (QED) is 0.444. The van der Waals surface area contributed by atoms with Gasteiger partial charge in [-0.3, -0.25) is 4.79 Å². The number of nitrogens with zero attached hydrogens (tertiary/aromatic N) is 1. The second-order valence-corrected chi connectivity index (χ2v) is 6.93. The summed E-state index contributed by atoms with van der Waals surface area (Å²) < 4.78 is 0. The Morgan fingerprint density at radius 3 is 3.05 bits per heavy atom. The van der Waals surface area contributed by atoms with Crippen LogP contribution in [0.4, 0.5) is 5.82 Å². The maximum absolute atomic E-state index is 12.0. The van der Waals surface area contributed by atoms with Crippen molar-refractivity contribution in [2.45, 2.75) is 5.25 Å². The summed E-state index contributed by atoms with van der Waals surface area (Å²) >= 11 is 9.66. The number of nitrogen functional groups attached to an aromatic ring is 1. The molecule has 1 aromatic rings. The van der Waals surface area contributed by atoms with Gasteiger partial charge in [0, 0.05) is 34.6 Å². The van der Waals surface area contributed by atoms with Crippen LogP contribution in [0.1, 0.15) is 10.4 Å². The highest BCUT2D eigenvalue weighted by Gasteiger charge is 2.16. The normalized spacial score (nSPS) is 18.9. The number of hydrogen-bond donors (Lipinski definition) is 3. The number of nitrogens with two attached hydrogens (primary N) is 1. The van der Waals surface area contributed by atoms with E-state index in [-0.39, 0.29) is 11.1 Å². The van der Waals surface area contributed by atoms with Crippen molar-refractivity contribution in [3.05, 3.63) is 22.8 Å². The van der Waals surface area contributed by atoms with Crippen LogP contribution in [0.25, 0.3) is 0 Å². The maximum Gasteiger partial charge on any atom is 0.251 e. The number of nitrogens with one attached hydrogen (secondary N) is 2. The lowest BCUT2D eigenvalue weighted by molar-refractivity contribution is 0.0954. The molecule has 1 saturated heterocycles. The standard InChI is InChI=1S/C11H15ClN4OS2/c12-9-3-7(4-10(15-9)16-13)11(17)14-5-8-6-18-1-2-19-8/h3-4,8H,1-2,5-6,13H2,(H,14,17)(H,15,16). The summed E-state index contributed by atoms with van der Waals surface area (Å²) in [7, 11) is 0. The van der Waals surface area contributed by atoms with Gasteiger partial charge in [-0.15, -0.1) is 0 Å². The number of pyridine rings is 1. The third kappa shape index (κ3) is 4.45. The van der Waals surface area contributed by atoms with Gasteiger partial charge < -0.3 is 10.7 Å². The average molecular weight is 319 g/mol. The van der Waals surface area contributed by atoms with Gasteiger partial charge in [0.15, 0.2) is 0 Å². The Morgan fingerprint density at radius 1 is 1.53 bits per heavy atom. The van der Waals surface area contributed by atoms with Gasteiger partial charge in [0.2, 0.25) is 0 Å². The molecule has 1 fully saturated rings. The summed E-state index contributed by atoms with van der Waals surface area (Å²) in [5.41, 5.74) is 2.85. The van der Waals surface area contributed by atoms with Gasteiger partial charge in [0.1, 0.15) is 11.0 Å². The summed E-state index contributed by atoms with van der Waals surface area (Å²) in [6, 6.07) is 3.10. The van der Waals surface area contributed by atoms with E-state index in [1.54, 1.807) is 6.07 Å². The molecule has 0 aliphatic carbocycles. The molecule has 0 bridgehead atoms. The molecule has 2 heterocycles. The van der Waals surface area contributed by atoms with Gasteiger partial charge >= 0.3 is 0 Å². The average Bonchev–Trinajstić information content (AvgIpc) is 2.45. The van der Waals surface area contributed by atoms with Crippen LogP contribution in [0.15, 0.2) is 12.1 Å². The molecule has 1 unspecified atom stereocenters. The number of hydrazine groups is 1. The third-order valence-electron chi connectivity index (χ3n) is 2.58. The summed E-state index contributed by atoms with van der Waals surface area (Å²) in [6.07, 6.45) is 0. The molecule has 4 N–H and O–H groups in total. The van der Waals surface area contributed by atoms with Crippen molar-refractivity contribution in [2.24, 2.45) is 5.84 Å². The molecule has 0 aromatic carbocycles. The van der Waals surface area contributed by atoms with E-state index in [1.165, 1.54) is 11.8 Å². The molecule has 1 aliphatic rings. The Hall–Kier alpha value is -0.630. The van der Waals surface area contributed by atoms with E-state index in [4.69, 9.17) is 17.4 Å². The Labute approximate surface area is 125 Å².